The van der Waals surface area contributed by atoms with E-state index in [0.717, 1.165) is 28.3 Å². The Morgan fingerprint density at radius 1 is 1.23 bits per heavy atom. The Bertz CT molecular complexity index is 967. The largest absolute Gasteiger partial charge is 0.496 e. The highest BCUT2D eigenvalue weighted by atomic mass is 32.2. The van der Waals surface area contributed by atoms with Gasteiger partial charge in [-0.3, -0.25) is 0 Å². The highest BCUT2D eigenvalue weighted by Crippen LogP contribution is 2.54. The molecule has 138 valence electrons. The van der Waals surface area contributed by atoms with E-state index in [0.29, 0.717) is 11.5 Å². The quantitative estimate of drug-likeness (QED) is 0.872. The Balaban J connectivity index is 1.88. The topological polar surface area (TPSA) is 64.6 Å². The predicted octanol–water partition coefficient (Wildman–Crippen LogP) is 3.55. The Morgan fingerprint density at radius 3 is 2.69 bits per heavy atom. The van der Waals surface area contributed by atoms with E-state index in [2.05, 4.69) is 19.2 Å². The van der Waals surface area contributed by atoms with Gasteiger partial charge in [-0.2, -0.15) is 0 Å². The molecule has 0 radical (unpaired) electrons. The fourth-order valence-electron chi connectivity index (χ4n) is 4.19. The first-order valence-corrected chi connectivity index (χ1v) is 10.5. The third-order valence-corrected chi connectivity index (χ3v) is 6.84. The average molecular weight is 373 g/mol. The molecule has 0 saturated heterocycles. The molecule has 5 nitrogen and oxygen atoms in total. The van der Waals surface area contributed by atoms with Gasteiger partial charge in [0.1, 0.15) is 11.5 Å². The second-order valence-electron chi connectivity index (χ2n) is 7.61. The SMILES string of the molecule is COc1cccc2c1[C@H]1Nc3ccc(S(C)(=O)=O)cc3C(C)(C)[C@H]1CO2. The summed E-state index contributed by atoms with van der Waals surface area (Å²) < 4.78 is 35.6. The number of rotatable bonds is 2. The first kappa shape index (κ1) is 17.2. The van der Waals surface area contributed by atoms with Gasteiger partial charge in [-0.25, -0.2) is 8.42 Å². The summed E-state index contributed by atoms with van der Waals surface area (Å²) in [7, 11) is -1.59. The molecule has 2 aliphatic rings. The molecule has 0 bridgehead atoms. The lowest BCUT2D eigenvalue weighted by Crippen LogP contribution is -2.46. The van der Waals surface area contributed by atoms with Crippen LogP contribution in [0.2, 0.25) is 0 Å². The minimum absolute atomic E-state index is 0.0430. The van der Waals surface area contributed by atoms with Crippen LogP contribution in [-0.2, 0) is 15.3 Å². The smallest absolute Gasteiger partial charge is 0.175 e. The first-order chi connectivity index (χ1) is 12.2. The number of fused-ring (bicyclic) bond motifs is 4. The van der Waals surface area contributed by atoms with Crippen molar-refractivity contribution in [1.29, 1.82) is 0 Å². The molecule has 2 aliphatic heterocycles. The van der Waals surface area contributed by atoms with E-state index in [9.17, 15) is 8.42 Å². The van der Waals surface area contributed by atoms with Crippen molar-refractivity contribution in [2.45, 2.75) is 30.2 Å². The zero-order chi connectivity index (χ0) is 18.7. The van der Waals surface area contributed by atoms with Gasteiger partial charge in [0, 0.05) is 23.3 Å². The van der Waals surface area contributed by atoms with E-state index in [-0.39, 0.29) is 17.4 Å². The summed E-state index contributed by atoms with van der Waals surface area (Å²) in [5.41, 5.74) is 2.73. The van der Waals surface area contributed by atoms with Crippen molar-refractivity contribution in [3.8, 4) is 11.5 Å². The van der Waals surface area contributed by atoms with Crippen molar-refractivity contribution in [3.63, 3.8) is 0 Å². The summed E-state index contributed by atoms with van der Waals surface area (Å²) in [5, 5.41) is 3.61. The van der Waals surface area contributed by atoms with Gasteiger partial charge < -0.3 is 14.8 Å². The Kier molecular flexibility index (Phi) is 3.74. The third kappa shape index (κ3) is 2.47. The molecule has 0 saturated carbocycles. The van der Waals surface area contributed by atoms with Crippen molar-refractivity contribution in [3.05, 3.63) is 47.5 Å². The summed E-state index contributed by atoms with van der Waals surface area (Å²) in [4.78, 5) is 0.347. The van der Waals surface area contributed by atoms with Crippen LogP contribution < -0.4 is 14.8 Å². The van der Waals surface area contributed by atoms with Gasteiger partial charge in [-0.1, -0.05) is 19.9 Å². The van der Waals surface area contributed by atoms with Gasteiger partial charge in [0.2, 0.25) is 0 Å². The normalized spacial score (nSPS) is 22.9. The molecule has 0 fully saturated rings. The van der Waals surface area contributed by atoms with Crippen LogP contribution in [0.15, 0.2) is 41.3 Å². The zero-order valence-electron chi connectivity index (χ0n) is 15.4. The molecule has 0 amide bonds. The maximum atomic E-state index is 12.0. The van der Waals surface area contributed by atoms with Gasteiger partial charge in [0.15, 0.2) is 9.84 Å². The fraction of sp³-hybridized carbons (Fsp3) is 0.400. The fourth-order valence-corrected chi connectivity index (χ4v) is 4.84. The number of anilines is 1. The van der Waals surface area contributed by atoms with E-state index in [1.54, 1.807) is 19.2 Å². The van der Waals surface area contributed by atoms with Crippen LogP contribution >= 0.6 is 0 Å². The molecule has 2 aromatic rings. The van der Waals surface area contributed by atoms with Gasteiger partial charge in [-0.15, -0.1) is 0 Å². The lowest BCUT2D eigenvalue weighted by molar-refractivity contribution is 0.133. The van der Waals surface area contributed by atoms with E-state index in [1.165, 1.54) is 6.26 Å². The molecule has 0 unspecified atom stereocenters. The van der Waals surface area contributed by atoms with E-state index >= 15 is 0 Å². The number of benzene rings is 2. The van der Waals surface area contributed by atoms with Gasteiger partial charge in [-0.05, 0) is 35.9 Å². The number of sulfone groups is 1. The van der Waals surface area contributed by atoms with E-state index in [1.807, 2.05) is 24.3 Å². The second-order valence-corrected chi connectivity index (χ2v) is 9.63. The number of nitrogens with one attached hydrogen (secondary N) is 1. The Morgan fingerprint density at radius 2 is 2.00 bits per heavy atom. The molecule has 1 N–H and O–H groups in total. The first-order valence-electron chi connectivity index (χ1n) is 8.64. The van der Waals surface area contributed by atoms with Gasteiger partial charge in [0.25, 0.3) is 0 Å². The van der Waals surface area contributed by atoms with Crippen molar-refractivity contribution < 1.29 is 17.9 Å². The lowest BCUT2D eigenvalue weighted by atomic mass is 9.65. The summed E-state index contributed by atoms with van der Waals surface area (Å²) in [6, 6.07) is 11.2. The van der Waals surface area contributed by atoms with E-state index < -0.39 is 9.84 Å². The molecule has 4 rings (SSSR count). The Hall–Kier alpha value is -2.21. The molecular weight excluding hydrogens is 350 g/mol. The highest BCUT2D eigenvalue weighted by Gasteiger charge is 2.47. The summed E-state index contributed by atoms with van der Waals surface area (Å²) in [6.45, 7) is 4.87. The van der Waals surface area contributed by atoms with Crippen LogP contribution in [0.25, 0.3) is 0 Å². The monoisotopic (exact) mass is 373 g/mol. The number of ether oxygens (including phenoxy) is 2. The molecule has 0 aliphatic carbocycles. The number of hydrogen-bond acceptors (Lipinski definition) is 5. The van der Waals surface area contributed by atoms with Crippen LogP contribution in [0.4, 0.5) is 5.69 Å². The molecular formula is C20H23NO4S. The maximum absolute atomic E-state index is 12.0. The van der Waals surface area contributed by atoms with E-state index in [4.69, 9.17) is 9.47 Å². The van der Waals surface area contributed by atoms with Crippen molar-refractivity contribution in [2.24, 2.45) is 5.92 Å². The van der Waals surface area contributed by atoms with Crippen LogP contribution in [-0.4, -0.2) is 28.4 Å². The maximum Gasteiger partial charge on any atom is 0.175 e. The zero-order valence-corrected chi connectivity index (χ0v) is 16.2. The Labute approximate surface area is 154 Å². The third-order valence-electron chi connectivity index (χ3n) is 5.73. The highest BCUT2D eigenvalue weighted by molar-refractivity contribution is 7.90. The number of hydrogen-bond donors (Lipinski definition) is 1. The number of methoxy groups -OCH3 is 1. The minimum atomic E-state index is -3.25. The predicted molar refractivity (Wildman–Crippen MR) is 101 cm³/mol. The van der Waals surface area contributed by atoms with Crippen LogP contribution in [0.5, 0.6) is 11.5 Å². The molecule has 6 heteroatoms. The van der Waals surface area contributed by atoms with Crippen molar-refractivity contribution in [2.75, 3.05) is 25.3 Å². The van der Waals surface area contributed by atoms with Crippen LogP contribution in [0, 0.1) is 5.92 Å². The van der Waals surface area contributed by atoms with Gasteiger partial charge in [0.05, 0.1) is 30.2 Å². The molecule has 0 aromatic heterocycles. The van der Waals surface area contributed by atoms with Crippen LogP contribution in [0.3, 0.4) is 0 Å². The second kappa shape index (κ2) is 5.64. The summed E-state index contributed by atoms with van der Waals surface area (Å²) in [6.07, 6.45) is 1.24. The average Bonchev–Trinajstić information content (AvgIpc) is 2.59. The van der Waals surface area contributed by atoms with Crippen molar-refractivity contribution >= 4 is 15.5 Å². The molecule has 0 spiro atoms. The van der Waals surface area contributed by atoms with Gasteiger partial charge >= 0.3 is 0 Å². The summed E-state index contributed by atoms with van der Waals surface area (Å²) >= 11 is 0. The standard InChI is InChI=1S/C20H23NO4S/c1-20(2)13-10-12(26(4,22)23)8-9-15(13)21-19-14(20)11-25-17-7-5-6-16(24-3)18(17)19/h5-10,14,19,21H,11H2,1-4H3/t14-,19-/m0/s1. The molecule has 2 heterocycles. The molecule has 26 heavy (non-hydrogen) atoms. The summed E-state index contributed by atoms with van der Waals surface area (Å²) in [5.74, 6) is 1.79. The lowest BCUT2D eigenvalue weighted by Gasteiger charge is -2.48. The van der Waals surface area contributed by atoms with Crippen molar-refractivity contribution in [1.82, 2.24) is 0 Å². The molecule has 2 aromatic carbocycles. The van der Waals surface area contributed by atoms with Crippen LogP contribution in [0.1, 0.15) is 31.0 Å². The minimum Gasteiger partial charge on any atom is -0.496 e. The molecule has 2 atom stereocenters.